The number of rotatable bonds is 5. The van der Waals surface area contributed by atoms with Crippen LogP contribution >= 0.6 is 0 Å². The van der Waals surface area contributed by atoms with E-state index < -0.39 is 5.54 Å². The molecule has 0 saturated heterocycles. The quantitative estimate of drug-likeness (QED) is 0.820. The molecule has 0 aliphatic heterocycles. The van der Waals surface area contributed by atoms with Crippen molar-refractivity contribution in [2.75, 3.05) is 6.61 Å². The maximum absolute atomic E-state index is 12.2. The molecule has 0 bridgehead atoms. The summed E-state index contributed by atoms with van der Waals surface area (Å²) < 4.78 is 1.78. The zero-order chi connectivity index (χ0) is 16.2. The second kappa shape index (κ2) is 7.09. The number of amides is 1. The smallest absolute Gasteiger partial charge is 0.244 e. The molecule has 1 amide bonds. The van der Waals surface area contributed by atoms with Gasteiger partial charge in [0.05, 0.1) is 18.3 Å². The summed E-state index contributed by atoms with van der Waals surface area (Å²) in [7, 11) is 1.87. The van der Waals surface area contributed by atoms with E-state index >= 15 is 0 Å². The first kappa shape index (κ1) is 16.7. The first-order valence-electron chi connectivity index (χ1n) is 8.06. The van der Waals surface area contributed by atoms with E-state index in [-0.39, 0.29) is 12.5 Å². The van der Waals surface area contributed by atoms with Gasteiger partial charge in [-0.3, -0.25) is 9.48 Å². The number of aromatic nitrogens is 2. The van der Waals surface area contributed by atoms with Crippen LogP contribution in [-0.2, 0) is 11.8 Å². The number of hydrogen-bond acceptors (Lipinski definition) is 3. The lowest BCUT2D eigenvalue weighted by atomic mass is 9.76. The minimum Gasteiger partial charge on any atom is -0.394 e. The van der Waals surface area contributed by atoms with Gasteiger partial charge in [0, 0.05) is 24.4 Å². The predicted octanol–water partition coefficient (Wildman–Crippen LogP) is 2.19. The normalized spacial score (nSPS) is 19.3. The zero-order valence-electron chi connectivity index (χ0n) is 13.8. The summed E-state index contributed by atoms with van der Waals surface area (Å²) in [5.74, 6) is 0.189. The minimum atomic E-state index is -0.536. The number of nitrogens with zero attached hydrogens (tertiary/aromatic N) is 2. The minimum absolute atomic E-state index is 0.0246. The van der Waals surface area contributed by atoms with Crippen LogP contribution < -0.4 is 5.32 Å². The van der Waals surface area contributed by atoms with Crippen LogP contribution in [0.3, 0.4) is 0 Å². The van der Waals surface area contributed by atoms with Crippen molar-refractivity contribution in [3.8, 4) is 0 Å². The maximum atomic E-state index is 12.2. The molecule has 0 spiro atoms. The molecule has 1 atom stereocenters. The van der Waals surface area contributed by atoms with Gasteiger partial charge in [0.15, 0.2) is 0 Å². The van der Waals surface area contributed by atoms with Crippen molar-refractivity contribution in [1.82, 2.24) is 15.1 Å². The lowest BCUT2D eigenvalue weighted by Gasteiger charge is -2.39. The Morgan fingerprint density at radius 2 is 2.18 bits per heavy atom. The number of hydrogen-bond donors (Lipinski definition) is 2. The average Bonchev–Trinajstić information content (AvgIpc) is 2.85. The summed E-state index contributed by atoms with van der Waals surface area (Å²) in [4.78, 5) is 12.2. The van der Waals surface area contributed by atoms with Crippen LogP contribution in [0.25, 0.3) is 6.08 Å². The summed E-state index contributed by atoms with van der Waals surface area (Å²) in [5, 5.41) is 16.9. The molecule has 5 nitrogen and oxygen atoms in total. The topological polar surface area (TPSA) is 67.2 Å². The van der Waals surface area contributed by atoms with Gasteiger partial charge >= 0.3 is 0 Å². The highest BCUT2D eigenvalue weighted by molar-refractivity contribution is 5.92. The molecule has 5 heteroatoms. The number of carbonyl (C=O) groups is 1. The Kier molecular flexibility index (Phi) is 5.40. The fraction of sp³-hybridized carbons (Fsp3) is 0.647. The third-order valence-corrected chi connectivity index (χ3v) is 4.93. The largest absolute Gasteiger partial charge is 0.394 e. The first-order valence-corrected chi connectivity index (χ1v) is 8.06. The molecule has 1 aliphatic rings. The van der Waals surface area contributed by atoms with Gasteiger partial charge < -0.3 is 10.4 Å². The van der Waals surface area contributed by atoms with Crippen LogP contribution in [0, 0.1) is 12.8 Å². The predicted molar refractivity (Wildman–Crippen MR) is 87.2 cm³/mol. The Bertz CT molecular complexity index is 544. The fourth-order valence-electron chi connectivity index (χ4n) is 3.18. The van der Waals surface area contributed by atoms with E-state index in [0.717, 1.165) is 24.1 Å². The van der Waals surface area contributed by atoms with Crippen molar-refractivity contribution < 1.29 is 9.90 Å². The second-order valence-corrected chi connectivity index (χ2v) is 6.54. The molecule has 1 aromatic rings. The summed E-state index contributed by atoms with van der Waals surface area (Å²) in [6.07, 6.45) is 10.8. The van der Waals surface area contributed by atoms with Crippen LogP contribution in [0.15, 0.2) is 12.3 Å². The molecular weight excluding hydrogens is 278 g/mol. The summed E-state index contributed by atoms with van der Waals surface area (Å²) in [6.45, 7) is 3.89. The van der Waals surface area contributed by atoms with Crippen molar-refractivity contribution in [1.29, 1.82) is 0 Å². The van der Waals surface area contributed by atoms with Crippen LogP contribution in [0.1, 0.15) is 50.3 Å². The van der Waals surface area contributed by atoms with Crippen LogP contribution in [0.2, 0.25) is 0 Å². The van der Waals surface area contributed by atoms with E-state index in [0.29, 0.717) is 5.92 Å². The molecule has 0 aromatic carbocycles. The standard InChI is InChI=1S/C17H27N3O2/c1-13-14(11-18-20(13)3)9-10-16(22)19-17(2,12-21)15-7-5-4-6-8-15/h9-11,15,21H,4-8,12H2,1-3H3,(H,19,22). The highest BCUT2D eigenvalue weighted by Gasteiger charge is 2.35. The monoisotopic (exact) mass is 305 g/mol. The number of aliphatic hydroxyl groups excluding tert-OH is 1. The number of aliphatic hydroxyl groups is 1. The summed E-state index contributed by atoms with van der Waals surface area (Å²) in [5.41, 5.74) is 1.41. The Hall–Kier alpha value is -1.62. The van der Waals surface area contributed by atoms with Gasteiger partial charge in [-0.05, 0) is 38.7 Å². The van der Waals surface area contributed by atoms with Crippen LogP contribution in [-0.4, -0.2) is 32.9 Å². The lowest BCUT2D eigenvalue weighted by molar-refractivity contribution is -0.119. The molecule has 1 saturated carbocycles. The third kappa shape index (κ3) is 3.77. The van der Waals surface area contributed by atoms with Crippen LogP contribution in [0.4, 0.5) is 0 Å². The van der Waals surface area contributed by atoms with Crippen molar-refractivity contribution in [3.63, 3.8) is 0 Å². The summed E-state index contributed by atoms with van der Waals surface area (Å²) >= 11 is 0. The molecule has 1 aromatic heterocycles. The van der Waals surface area contributed by atoms with Gasteiger partial charge in [0.1, 0.15) is 0 Å². The number of nitrogens with one attached hydrogen (secondary N) is 1. The van der Waals surface area contributed by atoms with Gasteiger partial charge in [-0.15, -0.1) is 0 Å². The fourth-order valence-corrected chi connectivity index (χ4v) is 3.18. The van der Waals surface area contributed by atoms with Gasteiger partial charge in [-0.2, -0.15) is 5.10 Å². The molecule has 2 rings (SSSR count). The van der Waals surface area contributed by atoms with Crippen LogP contribution in [0.5, 0.6) is 0 Å². The Balaban J connectivity index is 2.01. The van der Waals surface area contributed by atoms with Gasteiger partial charge in [-0.1, -0.05) is 19.3 Å². The van der Waals surface area contributed by atoms with Crippen molar-refractivity contribution in [2.24, 2.45) is 13.0 Å². The van der Waals surface area contributed by atoms with E-state index in [9.17, 15) is 9.90 Å². The molecule has 1 unspecified atom stereocenters. The van der Waals surface area contributed by atoms with E-state index in [1.54, 1.807) is 17.0 Å². The zero-order valence-corrected chi connectivity index (χ0v) is 13.8. The number of carbonyl (C=O) groups excluding carboxylic acids is 1. The Morgan fingerprint density at radius 3 is 2.73 bits per heavy atom. The summed E-state index contributed by atoms with van der Waals surface area (Å²) in [6, 6.07) is 0. The molecule has 1 heterocycles. The molecule has 122 valence electrons. The van der Waals surface area contributed by atoms with Crippen molar-refractivity contribution in [3.05, 3.63) is 23.5 Å². The highest BCUT2D eigenvalue weighted by atomic mass is 16.3. The second-order valence-electron chi connectivity index (χ2n) is 6.54. The van der Waals surface area contributed by atoms with E-state index in [2.05, 4.69) is 10.4 Å². The molecule has 1 aliphatic carbocycles. The molecular formula is C17H27N3O2. The number of aryl methyl sites for hydroxylation is 1. The van der Waals surface area contributed by atoms with Crippen molar-refractivity contribution in [2.45, 2.75) is 51.5 Å². The molecule has 2 N–H and O–H groups in total. The van der Waals surface area contributed by atoms with Crippen molar-refractivity contribution >= 4 is 12.0 Å². The van der Waals surface area contributed by atoms with Gasteiger partial charge in [0.25, 0.3) is 0 Å². The van der Waals surface area contributed by atoms with Gasteiger partial charge in [0.2, 0.25) is 5.91 Å². The highest BCUT2D eigenvalue weighted by Crippen LogP contribution is 2.32. The molecule has 1 fully saturated rings. The lowest BCUT2D eigenvalue weighted by Crippen LogP contribution is -2.54. The Labute approximate surface area is 132 Å². The molecule has 22 heavy (non-hydrogen) atoms. The third-order valence-electron chi connectivity index (χ3n) is 4.93. The average molecular weight is 305 g/mol. The maximum Gasteiger partial charge on any atom is 0.244 e. The SMILES string of the molecule is Cc1c(C=CC(=O)NC(C)(CO)C2CCCCC2)cnn1C. The first-order chi connectivity index (χ1) is 10.5. The molecule has 0 radical (unpaired) electrons. The van der Waals surface area contributed by atoms with E-state index in [1.807, 2.05) is 20.9 Å². The van der Waals surface area contributed by atoms with E-state index in [1.165, 1.54) is 25.3 Å². The van der Waals surface area contributed by atoms with E-state index in [4.69, 9.17) is 0 Å². The Morgan fingerprint density at radius 1 is 1.50 bits per heavy atom. The van der Waals surface area contributed by atoms with Gasteiger partial charge in [-0.25, -0.2) is 0 Å².